The van der Waals surface area contributed by atoms with Crippen molar-refractivity contribution in [1.82, 2.24) is 4.90 Å². The number of carbonyl (C=O) groups excluding carboxylic acids is 2. The molecule has 0 saturated carbocycles. The van der Waals surface area contributed by atoms with Gasteiger partial charge in [0.15, 0.2) is 0 Å². The number of methoxy groups -OCH3 is 1. The Morgan fingerprint density at radius 2 is 1.77 bits per heavy atom. The highest BCUT2D eigenvalue weighted by Gasteiger charge is 2.43. The van der Waals surface area contributed by atoms with E-state index in [1.807, 2.05) is 20.8 Å². The molecule has 1 fully saturated rings. The van der Waals surface area contributed by atoms with Crippen LogP contribution in [0.2, 0.25) is 0 Å². The molecule has 1 aliphatic rings. The summed E-state index contributed by atoms with van der Waals surface area (Å²) in [6.45, 7) is 6.65. The van der Waals surface area contributed by atoms with Crippen molar-refractivity contribution < 1.29 is 19.1 Å². The molecule has 5 nitrogen and oxygen atoms in total. The molecule has 128 valence electrons. The molecule has 0 aromatic rings. The van der Waals surface area contributed by atoms with Crippen molar-refractivity contribution in [3.63, 3.8) is 0 Å². The maximum atomic E-state index is 12.2. The zero-order chi connectivity index (χ0) is 16.8. The van der Waals surface area contributed by atoms with E-state index < -0.39 is 11.0 Å². The summed E-state index contributed by atoms with van der Waals surface area (Å²) in [4.78, 5) is 26.0. The molecule has 0 bridgehead atoms. The fourth-order valence-electron chi connectivity index (χ4n) is 2.77. The Morgan fingerprint density at radius 1 is 1.18 bits per heavy atom. The van der Waals surface area contributed by atoms with Crippen LogP contribution in [0.1, 0.15) is 52.9 Å². The van der Waals surface area contributed by atoms with Crippen LogP contribution in [0.5, 0.6) is 0 Å². The number of hydrogen-bond donors (Lipinski definition) is 0. The topological polar surface area (TPSA) is 55.8 Å². The van der Waals surface area contributed by atoms with Crippen LogP contribution < -0.4 is 0 Å². The Kier molecular flexibility index (Phi) is 7.16. The predicted octanol–water partition coefficient (Wildman–Crippen LogP) is 3.74. The van der Waals surface area contributed by atoms with Crippen LogP contribution in [0.3, 0.4) is 0 Å². The zero-order valence-corrected chi connectivity index (χ0v) is 15.7. The van der Waals surface area contributed by atoms with E-state index in [0.717, 1.165) is 24.6 Å². The molecule has 0 aromatic heterocycles. The molecule has 0 N–H and O–H groups in total. The highest BCUT2D eigenvalue weighted by Crippen LogP contribution is 2.38. The van der Waals surface area contributed by atoms with Gasteiger partial charge in [-0.15, -0.1) is 0 Å². The summed E-state index contributed by atoms with van der Waals surface area (Å²) in [5.74, 6) is -0.147. The molecule has 0 unspecified atom stereocenters. The summed E-state index contributed by atoms with van der Waals surface area (Å²) in [5.41, 5.74) is -0.945. The van der Waals surface area contributed by atoms with Crippen molar-refractivity contribution in [2.75, 3.05) is 25.5 Å². The van der Waals surface area contributed by atoms with Gasteiger partial charge in [-0.05, 0) is 46.5 Å². The van der Waals surface area contributed by atoms with Gasteiger partial charge in [0, 0.05) is 18.4 Å². The van der Waals surface area contributed by atoms with Crippen molar-refractivity contribution in [2.45, 2.75) is 58.5 Å². The van der Waals surface area contributed by atoms with E-state index in [1.165, 1.54) is 7.11 Å². The first-order chi connectivity index (χ1) is 10.2. The number of hydrogen-bond acceptors (Lipinski definition) is 4. The summed E-state index contributed by atoms with van der Waals surface area (Å²) < 4.78 is 10.4. The van der Waals surface area contributed by atoms with E-state index in [4.69, 9.17) is 9.47 Å². The number of nitrogens with zero attached hydrogens (tertiary/aromatic N) is 1. The number of carbonyl (C=O) groups is 2. The Labute approximate surface area is 141 Å². The van der Waals surface area contributed by atoms with Crippen molar-refractivity contribution in [3.05, 3.63) is 0 Å². The molecule has 1 amide bonds. The average Bonchev–Trinajstić information content (AvgIpc) is 2.45. The van der Waals surface area contributed by atoms with Crippen LogP contribution in [-0.2, 0) is 14.3 Å². The van der Waals surface area contributed by atoms with Gasteiger partial charge in [0.05, 0.1) is 12.5 Å². The molecule has 1 rings (SSSR count). The van der Waals surface area contributed by atoms with Crippen molar-refractivity contribution >= 4 is 28.0 Å². The third-order valence-corrected chi connectivity index (χ3v) is 4.59. The summed E-state index contributed by atoms with van der Waals surface area (Å²) in [6, 6.07) is 0. The smallest absolute Gasteiger partial charge is 0.410 e. The third-order valence-electron chi connectivity index (χ3n) is 4.03. The summed E-state index contributed by atoms with van der Waals surface area (Å²) in [5, 5.41) is 0.939. The number of rotatable bonds is 5. The Hall–Kier alpha value is -0.780. The molecule has 1 aliphatic heterocycles. The normalized spacial score (nSPS) is 18.0. The highest BCUT2D eigenvalue weighted by atomic mass is 79.9. The first-order valence-electron chi connectivity index (χ1n) is 7.86. The Morgan fingerprint density at radius 3 is 2.23 bits per heavy atom. The SMILES string of the molecule is COC(=O)C1(CCCCBr)CCN(C(=O)OC(C)(C)C)CC1. The van der Waals surface area contributed by atoms with Gasteiger partial charge in [0.1, 0.15) is 5.60 Å². The Balaban J connectivity index is 2.64. The van der Waals surface area contributed by atoms with E-state index in [2.05, 4.69) is 15.9 Å². The highest BCUT2D eigenvalue weighted by molar-refractivity contribution is 9.09. The standard InChI is InChI=1S/C16H28BrNO4/c1-15(2,3)22-14(20)18-11-8-16(9-12-18,13(19)21-4)7-5-6-10-17/h5-12H2,1-4H3. The number of esters is 1. The summed E-state index contributed by atoms with van der Waals surface area (Å²) in [7, 11) is 1.44. The van der Waals surface area contributed by atoms with Gasteiger partial charge in [0.2, 0.25) is 0 Å². The molecule has 6 heteroatoms. The largest absolute Gasteiger partial charge is 0.469 e. The molecule has 1 saturated heterocycles. The van der Waals surface area contributed by atoms with E-state index in [0.29, 0.717) is 25.9 Å². The summed E-state index contributed by atoms with van der Waals surface area (Å²) in [6.07, 6.45) is 3.81. The van der Waals surface area contributed by atoms with Crippen LogP contribution in [-0.4, -0.2) is 48.1 Å². The number of likely N-dealkylation sites (tertiary alicyclic amines) is 1. The molecule has 22 heavy (non-hydrogen) atoms. The summed E-state index contributed by atoms with van der Waals surface area (Å²) >= 11 is 3.42. The van der Waals surface area contributed by atoms with Crippen LogP contribution >= 0.6 is 15.9 Å². The van der Waals surface area contributed by atoms with Gasteiger partial charge in [-0.2, -0.15) is 0 Å². The van der Waals surface area contributed by atoms with Crippen LogP contribution in [0.15, 0.2) is 0 Å². The van der Waals surface area contributed by atoms with Crippen LogP contribution in [0.4, 0.5) is 4.79 Å². The zero-order valence-electron chi connectivity index (χ0n) is 14.1. The average molecular weight is 378 g/mol. The number of unbranched alkanes of at least 4 members (excludes halogenated alkanes) is 1. The number of halogens is 1. The maximum Gasteiger partial charge on any atom is 0.410 e. The van der Waals surface area contributed by atoms with Gasteiger partial charge in [0.25, 0.3) is 0 Å². The fraction of sp³-hybridized carbons (Fsp3) is 0.875. The van der Waals surface area contributed by atoms with Crippen LogP contribution in [0, 0.1) is 5.41 Å². The van der Waals surface area contributed by atoms with Crippen molar-refractivity contribution in [2.24, 2.45) is 5.41 Å². The van der Waals surface area contributed by atoms with Crippen LogP contribution in [0.25, 0.3) is 0 Å². The quantitative estimate of drug-likeness (QED) is 0.416. The maximum absolute atomic E-state index is 12.2. The second-order valence-electron chi connectivity index (χ2n) is 6.89. The molecule has 0 radical (unpaired) electrons. The third kappa shape index (κ3) is 5.45. The van der Waals surface area contributed by atoms with Crippen molar-refractivity contribution in [1.29, 1.82) is 0 Å². The lowest BCUT2D eigenvalue weighted by molar-refractivity contribution is -0.156. The van der Waals surface area contributed by atoms with Gasteiger partial charge < -0.3 is 14.4 Å². The first kappa shape index (κ1) is 19.3. The molecule has 0 spiro atoms. The van der Waals surface area contributed by atoms with Gasteiger partial charge >= 0.3 is 12.1 Å². The van der Waals surface area contributed by atoms with E-state index in [9.17, 15) is 9.59 Å². The molecular formula is C16H28BrNO4. The second-order valence-corrected chi connectivity index (χ2v) is 7.68. The molecule has 0 atom stereocenters. The fourth-order valence-corrected chi connectivity index (χ4v) is 3.17. The molecular weight excluding hydrogens is 350 g/mol. The minimum Gasteiger partial charge on any atom is -0.469 e. The molecule has 1 heterocycles. The van der Waals surface area contributed by atoms with Gasteiger partial charge in [-0.1, -0.05) is 22.4 Å². The second kappa shape index (κ2) is 8.18. The lowest BCUT2D eigenvalue weighted by Crippen LogP contribution is -2.48. The first-order valence-corrected chi connectivity index (χ1v) is 8.98. The molecule has 0 aliphatic carbocycles. The number of amides is 1. The minimum atomic E-state index is -0.496. The van der Waals surface area contributed by atoms with Gasteiger partial charge in [-0.25, -0.2) is 4.79 Å². The monoisotopic (exact) mass is 377 g/mol. The number of ether oxygens (including phenoxy) is 2. The number of piperidine rings is 1. The molecule has 0 aromatic carbocycles. The predicted molar refractivity (Wildman–Crippen MR) is 89.1 cm³/mol. The van der Waals surface area contributed by atoms with Gasteiger partial charge in [-0.3, -0.25) is 4.79 Å². The van der Waals surface area contributed by atoms with E-state index in [-0.39, 0.29) is 12.1 Å². The number of alkyl halides is 1. The minimum absolute atomic E-state index is 0.147. The van der Waals surface area contributed by atoms with E-state index in [1.54, 1.807) is 4.90 Å². The lowest BCUT2D eigenvalue weighted by atomic mass is 9.74. The lowest BCUT2D eigenvalue weighted by Gasteiger charge is -2.40. The Bertz CT molecular complexity index is 384. The van der Waals surface area contributed by atoms with E-state index >= 15 is 0 Å². The van der Waals surface area contributed by atoms with Crippen molar-refractivity contribution in [3.8, 4) is 0 Å².